The van der Waals surface area contributed by atoms with Crippen LogP contribution in [-0.4, -0.2) is 29.0 Å². The smallest absolute Gasteiger partial charge is 0.105 e. The Hall–Kier alpha value is -1.98. The summed E-state index contributed by atoms with van der Waals surface area (Å²) in [5, 5.41) is 15.8. The lowest BCUT2D eigenvalue weighted by Gasteiger charge is -2.29. The molecule has 0 radical (unpaired) electrons. The molecule has 3 rings (SSSR count). The molecule has 1 aliphatic rings. The van der Waals surface area contributed by atoms with Crippen molar-refractivity contribution in [1.82, 2.24) is 10.3 Å². The van der Waals surface area contributed by atoms with Crippen molar-refractivity contribution in [1.29, 1.82) is 0 Å². The Morgan fingerprint density at radius 3 is 2.48 bits per heavy atom. The molecular formula is C22H29N3OS. The van der Waals surface area contributed by atoms with Crippen molar-refractivity contribution >= 4 is 23.2 Å². The number of aliphatic hydroxyl groups excluding tert-OH is 1. The van der Waals surface area contributed by atoms with Gasteiger partial charge in [-0.05, 0) is 47.9 Å². The van der Waals surface area contributed by atoms with Crippen LogP contribution in [-0.2, 0) is 12.8 Å². The van der Waals surface area contributed by atoms with E-state index < -0.39 is 0 Å². The minimum Gasteiger partial charge on any atom is -0.396 e. The second kappa shape index (κ2) is 7.95. The SMILES string of the molecule is Cc1cc(Cc2nc(C3=CNC(C(C)(C)C)C=N3)cs2)c(C)cc1CCO. The van der Waals surface area contributed by atoms with Crippen LogP contribution in [0.3, 0.4) is 0 Å². The van der Waals surface area contributed by atoms with Crippen LogP contribution in [0.5, 0.6) is 0 Å². The van der Waals surface area contributed by atoms with E-state index in [1.165, 1.54) is 22.3 Å². The average molecular weight is 384 g/mol. The minimum atomic E-state index is 0.135. The maximum absolute atomic E-state index is 9.20. The van der Waals surface area contributed by atoms with Crippen molar-refractivity contribution < 1.29 is 5.11 Å². The molecule has 144 valence electrons. The average Bonchev–Trinajstić information content (AvgIpc) is 3.07. The number of aliphatic hydroxyl groups is 1. The Morgan fingerprint density at radius 2 is 1.85 bits per heavy atom. The van der Waals surface area contributed by atoms with Gasteiger partial charge in [0.2, 0.25) is 0 Å². The molecule has 0 saturated heterocycles. The number of hydrogen-bond acceptors (Lipinski definition) is 5. The molecule has 1 atom stereocenters. The molecule has 4 nitrogen and oxygen atoms in total. The zero-order valence-corrected chi connectivity index (χ0v) is 17.7. The lowest BCUT2D eigenvalue weighted by molar-refractivity contribution is 0.299. The van der Waals surface area contributed by atoms with Crippen LogP contribution in [0.2, 0.25) is 0 Å². The highest BCUT2D eigenvalue weighted by atomic mass is 32.1. The highest BCUT2D eigenvalue weighted by Crippen LogP contribution is 2.26. The highest BCUT2D eigenvalue weighted by Gasteiger charge is 2.24. The molecule has 0 aliphatic carbocycles. The molecule has 0 bridgehead atoms. The van der Waals surface area contributed by atoms with Crippen LogP contribution in [0.25, 0.3) is 5.70 Å². The number of nitrogens with zero attached hydrogens (tertiary/aromatic N) is 2. The maximum atomic E-state index is 9.20. The van der Waals surface area contributed by atoms with Crippen LogP contribution in [0.15, 0.2) is 28.7 Å². The Balaban J connectivity index is 1.73. The zero-order chi connectivity index (χ0) is 19.6. The number of benzene rings is 1. The lowest BCUT2D eigenvalue weighted by Crippen LogP contribution is -2.40. The van der Waals surface area contributed by atoms with Crippen molar-refractivity contribution in [3.05, 3.63) is 56.7 Å². The molecule has 0 saturated carbocycles. The molecule has 0 fully saturated rings. The number of thiazole rings is 1. The largest absolute Gasteiger partial charge is 0.396 e. The normalized spacial score (nSPS) is 17.0. The second-order valence-electron chi connectivity index (χ2n) is 8.30. The first-order valence-electron chi connectivity index (χ1n) is 9.43. The summed E-state index contributed by atoms with van der Waals surface area (Å²) >= 11 is 1.68. The third-order valence-electron chi connectivity index (χ3n) is 5.03. The molecule has 1 aliphatic heterocycles. The summed E-state index contributed by atoms with van der Waals surface area (Å²) in [4.78, 5) is 9.43. The quantitative estimate of drug-likeness (QED) is 0.810. The molecule has 2 aromatic rings. The van der Waals surface area contributed by atoms with Crippen molar-refractivity contribution in [3.8, 4) is 0 Å². The van der Waals surface area contributed by atoms with Crippen molar-refractivity contribution in [3.63, 3.8) is 0 Å². The van der Waals surface area contributed by atoms with Crippen LogP contribution >= 0.6 is 11.3 Å². The molecule has 1 unspecified atom stereocenters. The number of aryl methyl sites for hydroxylation is 2. The fourth-order valence-corrected chi connectivity index (χ4v) is 4.02. The van der Waals surface area contributed by atoms with E-state index in [0.29, 0.717) is 6.42 Å². The molecule has 0 spiro atoms. The molecule has 1 aromatic heterocycles. The summed E-state index contributed by atoms with van der Waals surface area (Å²) in [5.41, 5.74) is 6.96. The van der Waals surface area contributed by atoms with Crippen molar-refractivity contribution in [2.75, 3.05) is 6.61 Å². The minimum absolute atomic E-state index is 0.135. The van der Waals surface area contributed by atoms with Gasteiger partial charge in [-0.2, -0.15) is 0 Å². The first-order chi connectivity index (χ1) is 12.8. The molecule has 2 heterocycles. The summed E-state index contributed by atoms with van der Waals surface area (Å²) < 4.78 is 0. The van der Waals surface area contributed by atoms with Gasteiger partial charge in [0, 0.05) is 30.8 Å². The van der Waals surface area contributed by atoms with Crippen molar-refractivity contribution in [2.24, 2.45) is 10.4 Å². The van der Waals surface area contributed by atoms with Gasteiger partial charge in [-0.25, -0.2) is 4.98 Å². The molecular weight excluding hydrogens is 354 g/mol. The zero-order valence-electron chi connectivity index (χ0n) is 16.8. The highest BCUT2D eigenvalue weighted by molar-refractivity contribution is 7.09. The summed E-state index contributed by atoms with van der Waals surface area (Å²) in [6.07, 6.45) is 5.50. The van der Waals surface area contributed by atoms with Gasteiger partial charge in [-0.3, -0.25) is 4.99 Å². The molecule has 2 N–H and O–H groups in total. The van der Waals surface area contributed by atoms with Gasteiger partial charge in [0.1, 0.15) is 11.4 Å². The van der Waals surface area contributed by atoms with E-state index >= 15 is 0 Å². The number of rotatable bonds is 5. The second-order valence-corrected chi connectivity index (χ2v) is 9.24. The molecule has 5 heteroatoms. The molecule has 1 aromatic carbocycles. The lowest BCUT2D eigenvalue weighted by atomic mass is 9.87. The fourth-order valence-electron chi connectivity index (χ4n) is 3.21. The monoisotopic (exact) mass is 383 g/mol. The number of aliphatic imine (C=N–C) groups is 1. The summed E-state index contributed by atoms with van der Waals surface area (Å²) in [7, 11) is 0. The Morgan fingerprint density at radius 1 is 1.15 bits per heavy atom. The first-order valence-corrected chi connectivity index (χ1v) is 10.3. The third-order valence-corrected chi connectivity index (χ3v) is 5.88. The maximum Gasteiger partial charge on any atom is 0.105 e. The van der Waals surface area contributed by atoms with Crippen molar-refractivity contribution in [2.45, 2.75) is 53.5 Å². The van der Waals surface area contributed by atoms with E-state index in [-0.39, 0.29) is 18.1 Å². The van der Waals surface area contributed by atoms with E-state index in [4.69, 9.17) is 4.98 Å². The van der Waals surface area contributed by atoms with E-state index in [1.54, 1.807) is 11.3 Å². The van der Waals surface area contributed by atoms with Crippen LogP contribution in [0, 0.1) is 19.3 Å². The summed E-state index contributed by atoms with van der Waals surface area (Å²) in [6, 6.07) is 4.66. The number of aromatic nitrogens is 1. The van der Waals surface area contributed by atoms with E-state index in [0.717, 1.165) is 22.8 Å². The van der Waals surface area contributed by atoms with Crippen LogP contribution in [0.4, 0.5) is 0 Å². The van der Waals surface area contributed by atoms with Gasteiger partial charge < -0.3 is 10.4 Å². The number of hydrogen-bond donors (Lipinski definition) is 2. The fraction of sp³-hybridized carbons (Fsp3) is 0.455. The topological polar surface area (TPSA) is 57.5 Å². The van der Waals surface area contributed by atoms with Gasteiger partial charge in [0.15, 0.2) is 0 Å². The molecule has 27 heavy (non-hydrogen) atoms. The summed E-state index contributed by atoms with van der Waals surface area (Å²) in [5.74, 6) is 0. The van der Waals surface area contributed by atoms with Crippen LogP contribution in [0.1, 0.15) is 53.7 Å². The van der Waals surface area contributed by atoms with Gasteiger partial charge >= 0.3 is 0 Å². The Kier molecular flexibility index (Phi) is 5.82. The van der Waals surface area contributed by atoms with E-state index in [9.17, 15) is 5.11 Å². The predicted octanol–water partition coefficient (Wildman–Crippen LogP) is 4.27. The molecule has 0 amide bonds. The first kappa shape index (κ1) is 19.8. The Labute approximate surface area is 166 Å². The van der Waals surface area contributed by atoms with Gasteiger partial charge in [0.05, 0.1) is 11.0 Å². The van der Waals surface area contributed by atoms with E-state index in [2.05, 4.69) is 62.4 Å². The van der Waals surface area contributed by atoms with Crippen LogP contribution < -0.4 is 5.32 Å². The standard InChI is InChI=1S/C22H29N3OS/c1-14-9-17(15(2)8-16(14)6-7-26)10-21-25-19(13-27-21)18-11-24-20(12-23-18)22(3,4)5/h8-9,11-13,20,24,26H,6-7,10H2,1-5H3. The van der Waals surface area contributed by atoms with E-state index in [1.807, 2.05) is 12.4 Å². The Bertz CT molecular complexity index is 874. The predicted molar refractivity (Wildman–Crippen MR) is 114 cm³/mol. The van der Waals surface area contributed by atoms with Gasteiger partial charge in [-0.1, -0.05) is 32.9 Å². The number of nitrogens with one attached hydrogen (secondary N) is 1. The third kappa shape index (κ3) is 4.66. The summed E-state index contributed by atoms with van der Waals surface area (Å²) in [6.45, 7) is 11.0. The van der Waals surface area contributed by atoms with Gasteiger partial charge in [0.25, 0.3) is 0 Å². The van der Waals surface area contributed by atoms with Gasteiger partial charge in [-0.15, -0.1) is 11.3 Å².